The van der Waals surface area contributed by atoms with Crippen LogP contribution in [-0.2, 0) is 11.2 Å². The van der Waals surface area contributed by atoms with Crippen LogP contribution in [0.3, 0.4) is 0 Å². The van der Waals surface area contributed by atoms with Gasteiger partial charge >= 0.3 is 0 Å². The summed E-state index contributed by atoms with van der Waals surface area (Å²) in [6.07, 6.45) is 6.10. The fourth-order valence-electron chi connectivity index (χ4n) is 1.23. The first-order chi connectivity index (χ1) is 6.29. The van der Waals surface area contributed by atoms with Crippen LogP contribution < -0.4 is 5.73 Å². The molecule has 0 saturated carbocycles. The molecule has 0 aliphatic heterocycles. The van der Waals surface area contributed by atoms with Crippen molar-refractivity contribution in [3.8, 4) is 0 Å². The lowest BCUT2D eigenvalue weighted by Gasteiger charge is -1.96. The molecule has 3 heteroatoms. The van der Waals surface area contributed by atoms with Crippen molar-refractivity contribution in [1.29, 1.82) is 0 Å². The van der Waals surface area contributed by atoms with Crippen LogP contribution in [0.2, 0.25) is 0 Å². The van der Waals surface area contributed by atoms with Gasteiger partial charge in [-0.15, -0.1) is 0 Å². The monoisotopic (exact) mass is 181 g/mol. The summed E-state index contributed by atoms with van der Waals surface area (Å²) < 4.78 is 5.17. The number of primary amides is 1. The number of furan rings is 1. The predicted octanol–water partition coefficient (Wildman–Crippen LogP) is 1.87. The van der Waals surface area contributed by atoms with E-state index in [-0.39, 0.29) is 5.91 Å². The average molecular weight is 181 g/mol. The van der Waals surface area contributed by atoms with E-state index >= 15 is 0 Å². The number of nitrogens with two attached hydrogens (primary N) is 1. The lowest BCUT2D eigenvalue weighted by Crippen LogP contribution is -2.09. The van der Waals surface area contributed by atoms with Gasteiger partial charge in [0.05, 0.1) is 6.26 Å². The summed E-state index contributed by atoms with van der Waals surface area (Å²) in [4.78, 5) is 10.4. The molecular formula is C10H15NO2. The van der Waals surface area contributed by atoms with Crippen LogP contribution in [0.1, 0.15) is 31.4 Å². The smallest absolute Gasteiger partial charge is 0.217 e. The lowest BCUT2D eigenvalue weighted by atomic mass is 10.1. The number of rotatable bonds is 6. The number of hydrogen-bond donors (Lipinski definition) is 1. The lowest BCUT2D eigenvalue weighted by molar-refractivity contribution is -0.118. The first-order valence-electron chi connectivity index (χ1n) is 4.60. The topological polar surface area (TPSA) is 56.2 Å². The minimum Gasteiger partial charge on any atom is -0.469 e. The van der Waals surface area contributed by atoms with Crippen molar-refractivity contribution in [2.45, 2.75) is 32.1 Å². The van der Waals surface area contributed by atoms with Gasteiger partial charge in [0.15, 0.2) is 0 Å². The quantitative estimate of drug-likeness (QED) is 0.681. The van der Waals surface area contributed by atoms with E-state index in [4.69, 9.17) is 10.2 Å². The van der Waals surface area contributed by atoms with Crippen molar-refractivity contribution in [3.63, 3.8) is 0 Å². The van der Waals surface area contributed by atoms with Crippen molar-refractivity contribution in [2.24, 2.45) is 5.73 Å². The Bertz CT molecular complexity index is 241. The highest BCUT2D eigenvalue weighted by molar-refractivity contribution is 5.73. The Morgan fingerprint density at radius 1 is 1.38 bits per heavy atom. The molecule has 0 bridgehead atoms. The van der Waals surface area contributed by atoms with Gasteiger partial charge in [-0.1, -0.05) is 6.42 Å². The highest BCUT2D eigenvalue weighted by Gasteiger charge is 1.97. The number of amides is 1. The molecule has 72 valence electrons. The van der Waals surface area contributed by atoms with E-state index in [0.29, 0.717) is 6.42 Å². The molecule has 1 aromatic rings. The first-order valence-corrected chi connectivity index (χ1v) is 4.60. The summed E-state index contributed by atoms with van der Waals surface area (Å²) in [6.45, 7) is 0. The van der Waals surface area contributed by atoms with E-state index < -0.39 is 0 Å². The van der Waals surface area contributed by atoms with Gasteiger partial charge in [-0.25, -0.2) is 0 Å². The summed E-state index contributed by atoms with van der Waals surface area (Å²) in [6, 6.07) is 3.85. The minimum atomic E-state index is -0.210. The number of carbonyl (C=O) groups excluding carboxylic acids is 1. The van der Waals surface area contributed by atoms with Crippen molar-refractivity contribution in [3.05, 3.63) is 24.2 Å². The number of aryl methyl sites for hydroxylation is 1. The van der Waals surface area contributed by atoms with Gasteiger partial charge in [0, 0.05) is 12.8 Å². The molecule has 1 amide bonds. The van der Waals surface area contributed by atoms with Crippen LogP contribution in [0, 0.1) is 0 Å². The number of hydrogen-bond acceptors (Lipinski definition) is 2. The number of unbranched alkanes of at least 4 members (excludes halogenated alkanes) is 2. The van der Waals surface area contributed by atoms with Gasteiger partial charge < -0.3 is 10.2 Å². The molecule has 1 aromatic heterocycles. The molecule has 0 aliphatic rings. The summed E-state index contributed by atoms with van der Waals surface area (Å²) in [5.74, 6) is 0.803. The van der Waals surface area contributed by atoms with E-state index in [0.717, 1.165) is 31.4 Å². The SMILES string of the molecule is NC(=O)CCCCCc1ccco1. The second-order valence-electron chi connectivity index (χ2n) is 3.11. The fraction of sp³-hybridized carbons (Fsp3) is 0.500. The highest BCUT2D eigenvalue weighted by atomic mass is 16.3. The molecule has 0 aliphatic carbocycles. The van der Waals surface area contributed by atoms with E-state index in [1.165, 1.54) is 0 Å². The Labute approximate surface area is 77.9 Å². The molecule has 0 radical (unpaired) electrons. The largest absolute Gasteiger partial charge is 0.469 e. The van der Waals surface area contributed by atoms with Crippen LogP contribution in [0.15, 0.2) is 22.8 Å². The van der Waals surface area contributed by atoms with Crippen molar-refractivity contribution in [2.75, 3.05) is 0 Å². The third-order valence-corrected chi connectivity index (χ3v) is 1.93. The Balaban J connectivity index is 1.99. The van der Waals surface area contributed by atoms with Crippen LogP contribution in [0.4, 0.5) is 0 Å². The maximum absolute atomic E-state index is 10.4. The molecule has 0 saturated heterocycles. The summed E-state index contributed by atoms with van der Waals surface area (Å²) in [7, 11) is 0. The predicted molar refractivity (Wildman–Crippen MR) is 50.1 cm³/mol. The van der Waals surface area contributed by atoms with E-state index in [1.54, 1.807) is 6.26 Å². The summed E-state index contributed by atoms with van der Waals surface area (Å²) >= 11 is 0. The van der Waals surface area contributed by atoms with Crippen LogP contribution >= 0.6 is 0 Å². The maximum Gasteiger partial charge on any atom is 0.217 e. The maximum atomic E-state index is 10.4. The molecule has 3 nitrogen and oxygen atoms in total. The summed E-state index contributed by atoms with van der Waals surface area (Å²) in [5, 5.41) is 0. The zero-order valence-electron chi connectivity index (χ0n) is 7.66. The average Bonchev–Trinajstić information content (AvgIpc) is 2.55. The molecule has 0 fully saturated rings. The molecule has 0 unspecified atom stereocenters. The van der Waals surface area contributed by atoms with Gasteiger partial charge in [-0.3, -0.25) is 4.79 Å². The van der Waals surface area contributed by atoms with Crippen molar-refractivity contribution < 1.29 is 9.21 Å². The molecule has 0 spiro atoms. The zero-order valence-corrected chi connectivity index (χ0v) is 7.66. The fourth-order valence-corrected chi connectivity index (χ4v) is 1.23. The van der Waals surface area contributed by atoms with E-state index in [9.17, 15) is 4.79 Å². The second-order valence-corrected chi connectivity index (χ2v) is 3.11. The van der Waals surface area contributed by atoms with E-state index in [2.05, 4.69) is 0 Å². The Morgan fingerprint density at radius 3 is 2.85 bits per heavy atom. The summed E-state index contributed by atoms with van der Waals surface area (Å²) in [5.41, 5.74) is 5.01. The van der Waals surface area contributed by atoms with E-state index in [1.807, 2.05) is 12.1 Å². The molecule has 0 aromatic carbocycles. The van der Waals surface area contributed by atoms with Gasteiger partial charge in [-0.2, -0.15) is 0 Å². The minimum absolute atomic E-state index is 0.210. The first kappa shape index (κ1) is 9.84. The molecule has 1 heterocycles. The normalized spacial score (nSPS) is 10.2. The Kier molecular flexibility index (Phi) is 4.09. The van der Waals surface area contributed by atoms with Gasteiger partial charge in [-0.05, 0) is 25.0 Å². The van der Waals surface area contributed by atoms with Crippen LogP contribution in [-0.4, -0.2) is 5.91 Å². The van der Waals surface area contributed by atoms with Crippen LogP contribution in [0.5, 0.6) is 0 Å². The molecule has 1 rings (SSSR count). The molecule has 0 atom stereocenters. The third kappa shape index (κ3) is 4.35. The second kappa shape index (κ2) is 5.41. The number of carbonyl (C=O) groups is 1. The van der Waals surface area contributed by atoms with Gasteiger partial charge in [0.1, 0.15) is 5.76 Å². The molecule has 13 heavy (non-hydrogen) atoms. The van der Waals surface area contributed by atoms with Gasteiger partial charge in [0.25, 0.3) is 0 Å². The van der Waals surface area contributed by atoms with Crippen molar-refractivity contribution >= 4 is 5.91 Å². The third-order valence-electron chi connectivity index (χ3n) is 1.93. The standard InChI is InChI=1S/C10H15NO2/c11-10(12)7-3-1-2-5-9-6-4-8-13-9/h4,6,8H,1-3,5,7H2,(H2,11,12). The Morgan fingerprint density at radius 2 is 2.23 bits per heavy atom. The van der Waals surface area contributed by atoms with Gasteiger partial charge in [0.2, 0.25) is 5.91 Å². The van der Waals surface area contributed by atoms with Crippen LogP contribution in [0.25, 0.3) is 0 Å². The van der Waals surface area contributed by atoms with Crippen molar-refractivity contribution in [1.82, 2.24) is 0 Å². The zero-order chi connectivity index (χ0) is 9.52. The molecule has 2 N–H and O–H groups in total. The molecular weight excluding hydrogens is 166 g/mol. The highest BCUT2D eigenvalue weighted by Crippen LogP contribution is 2.07. The Hall–Kier alpha value is -1.25.